The highest BCUT2D eigenvalue weighted by Crippen LogP contribution is 2.38. The Hall–Kier alpha value is -5.09. The lowest BCUT2D eigenvalue weighted by Gasteiger charge is -2.29. The van der Waals surface area contributed by atoms with E-state index < -0.39 is 6.04 Å². The van der Waals surface area contributed by atoms with Crippen molar-refractivity contribution < 1.29 is 18.7 Å². The van der Waals surface area contributed by atoms with Gasteiger partial charge >= 0.3 is 0 Å². The van der Waals surface area contributed by atoms with Crippen LogP contribution in [-0.4, -0.2) is 27.8 Å². The largest absolute Gasteiger partial charge is 0.495 e. The van der Waals surface area contributed by atoms with E-state index in [4.69, 9.17) is 14.6 Å². The number of halogens is 1. The van der Waals surface area contributed by atoms with Gasteiger partial charge in [-0.3, -0.25) is 4.79 Å². The molecule has 5 aromatic rings. The number of fused-ring (bicyclic) bond motifs is 1. The Morgan fingerprint density at radius 2 is 1.70 bits per heavy atom. The molecule has 6 rings (SSSR count). The summed E-state index contributed by atoms with van der Waals surface area (Å²) in [5.74, 6) is 1.52. The summed E-state index contributed by atoms with van der Waals surface area (Å²) >= 11 is 1.33. The van der Waals surface area contributed by atoms with Crippen molar-refractivity contribution in [3.8, 4) is 11.5 Å². The van der Waals surface area contributed by atoms with E-state index in [1.165, 1.54) is 17.8 Å². The summed E-state index contributed by atoms with van der Waals surface area (Å²) in [7, 11) is 1.56. The van der Waals surface area contributed by atoms with E-state index in [2.05, 4.69) is 15.6 Å². The lowest BCUT2D eigenvalue weighted by atomic mass is 9.95. The van der Waals surface area contributed by atoms with Crippen molar-refractivity contribution in [1.82, 2.24) is 14.8 Å². The molecule has 1 amide bonds. The zero-order chi connectivity index (χ0) is 30.5. The van der Waals surface area contributed by atoms with Crippen LogP contribution >= 0.6 is 11.8 Å². The highest BCUT2D eigenvalue weighted by molar-refractivity contribution is 7.98. The monoisotopic (exact) mass is 607 g/mol. The maximum atomic E-state index is 14.3. The van der Waals surface area contributed by atoms with Crippen LogP contribution in [0.3, 0.4) is 0 Å². The van der Waals surface area contributed by atoms with Crippen LogP contribution in [0.5, 0.6) is 11.5 Å². The van der Waals surface area contributed by atoms with Crippen LogP contribution in [-0.2, 0) is 17.2 Å². The second-order valence-corrected chi connectivity index (χ2v) is 11.0. The van der Waals surface area contributed by atoms with E-state index in [0.717, 1.165) is 11.1 Å². The predicted octanol–water partition coefficient (Wildman–Crippen LogP) is 7.22. The minimum absolute atomic E-state index is 0.276. The van der Waals surface area contributed by atoms with Gasteiger partial charge in [0.05, 0.1) is 18.4 Å². The van der Waals surface area contributed by atoms with Crippen LogP contribution in [0, 0.1) is 5.82 Å². The summed E-state index contributed by atoms with van der Waals surface area (Å²) in [4.78, 5) is 18.6. The number of carbonyl (C=O) groups excluding carboxylic acids is 1. The molecule has 2 N–H and O–H groups in total. The minimum atomic E-state index is -0.598. The highest BCUT2D eigenvalue weighted by Gasteiger charge is 2.34. The predicted molar refractivity (Wildman–Crippen MR) is 169 cm³/mol. The Morgan fingerprint density at radius 3 is 2.48 bits per heavy atom. The number of benzene rings is 4. The van der Waals surface area contributed by atoms with Crippen molar-refractivity contribution in [2.45, 2.75) is 30.5 Å². The van der Waals surface area contributed by atoms with Gasteiger partial charge in [0.1, 0.15) is 30.0 Å². The van der Waals surface area contributed by atoms with Crippen LogP contribution in [0.4, 0.5) is 16.0 Å². The van der Waals surface area contributed by atoms with Gasteiger partial charge in [-0.15, -0.1) is 5.10 Å². The average molecular weight is 608 g/mol. The van der Waals surface area contributed by atoms with Gasteiger partial charge < -0.3 is 20.1 Å². The number of nitrogens with one attached hydrogen (secondary N) is 2. The molecule has 8 nitrogen and oxygen atoms in total. The van der Waals surface area contributed by atoms with Gasteiger partial charge in [0.15, 0.2) is 0 Å². The maximum Gasteiger partial charge on any atom is 0.255 e. The number of hydrogen-bond acceptors (Lipinski definition) is 7. The summed E-state index contributed by atoms with van der Waals surface area (Å²) in [5, 5.41) is 11.5. The van der Waals surface area contributed by atoms with Crippen molar-refractivity contribution in [2.75, 3.05) is 17.7 Å². The average Bonchev–Trinajstić information content (AvgIpc) is 3.46. The molecule has 1 aliphatic rings. The van der Waals surface area contributed by atoms with Gasteiger partial charge in [0.2, 0.25) is 11.1 Å². The van der Waals surface area contributed by atoms with Crippen LogP contribution in [0.1, 0.15) is 29.7 Å². The van der Waals surface area contributed by atoms with E-state index in [-0.39, 0.29) is 11.7 Å². The number of methoxy groups -OCH3 is 1. The number of aromatic nitrogens is 3. The Bertz CT molecular complexity index is 1810. The maximum absolute atomic E-state index is 14.3. The molecule has 1 aliphatic heterocycles. The number of nitrogens with zero attached hydrogens (tertiary/aromatic N) is 3. The highest BCUT2D eigenvalue weighted by atomic mass is 32.2. The van der Waals surface area contributed by atoms with Crippen LogP contribution < -0.4 is 20.1 Å². The van der Waals surface area contributed by atoms with E-state index in [1.807, 2.05) is 73.7 Å². The molecule has 0 saturated carbocycles. The van der Waals surface area contributed by atoms with Crippen molar-refractivity contribution in [3.63, 3.8) is 0 Å². The molecule has 1 atom stereocenters. The molecule has 0 saturated heterocycles. The van der Waals surface area contributed by atoms with Crippen molar-refractivity contribution in [3.05, 3.63) is 137 Å². The lowest BCUT2D eigenvalue weighted by molar-refractivity contribution is -0.113. The quantitative estimate of drug-likeness (QED) is 0.162. The zero-order valence-electron chi connectivity index (χ0n) is 24.2. The van der Waals surface area contributed by atoms with Crippen molar-refractivity contribution in [2.24, 2.45) is 0 Å². The SMILES string of the molecule is COc1ccccc1NC(=O)C1=C(C)Nc2nc(SCc3ccccc3F)nn2C1c1ccc(OCc2ccccc2)cc1. The van der Waals surface area contributed by atoms with E-state index in [1.54, 1.807) is 42.1 Å². The van der Waals surface area contributed by atoms with Gasteiger partial charge in [-0.05, 0) is 53.9 Å². The normalized spacial score (nSPS) is 14.0. The number of thioether (sulfide) groups is 1. The molecule has 222 valence electrons. The van der Waals surface area contributed by atoms with E-state index in [0.29, 0.717) is 57.5 Å². The van der Waals surface area contributed by atoms with E-state index in [9.17, 15) is 9.18 Å². The number of ether oxygens (including phenoxy) is 2. The first kappa shape index (κ1) is 29.0. The molecular weight excluding hydrogens is 577 g/mol. The molecule has 0 fully saturated rings. The van der Waals surface area contributed by atoms with Crippen LogP contribution in [0.25, 0.3) is 0 Å². The molecule has 10 heteroatoms. The van der Waals surface area contributed by atoms with Crippen molar-refractivity contribution >= 4 is 29.3 Å². The first-order valence-corrected chi connectivity index (χ1v) is 15.0. The number of anilines is 2. The number of hydrogen-bond donors (Lipinski definition) is 2. The molecule has 44 heavy (non-hydrogen) atoms. The Labute approximate surface area is 258 Å². The Morgan fingerprint density at radius 1 is 0.977 bits per heavy atom. The first-order valence-electron chi connectivity index (χ1n) is 14.0. The molecule has 4 aromatic carbocycles. The fraction of sp³-hybridized carbons (Fsp3) is 0.147. The van der Waals surface area contributed by atoms with Gasteiger partial charge in [-0.1, -0.05) is 84.6 Å². The summed E-state index contributed by atoms with van der Waals surface area (Å²) in [5.41, 5.74) is 4.10. The van der Waals surface area contributed by atoms with Crippen molar-refractivity contribution in [1.29, 1.82) is 0 Å². The first-order chi connectivity index (χ1) is 21.5. The van der Waals surface area contributed by atoms with Gasteiger partial charge in [-0.25, -0.2) is 9.07 Å². The second kappa shape index (κ2) is 13.0. The Balaban J connectivity index is 1.31. The molecule has 0 aliphatic carbocycles. The standard InChI is InChI=1S/C34H30FN5O3S/c1-22-30(32(41)37-28-14-8-9-15-29(28)42-2)31(24-16-18-26(19-17-24)43-20-23-10-4-3-5-11-23)40-33(36-22)38-34(39-40)44-21-25-12-6-7-13-27(25)35/h3-19,31H,20-21H2,1-2H3,(H,37,41)(H,36,38,39). The summed E-state index contributed by atoms with van der Waals surface area (Å²) in [6, 6.07) is 30.9. The smallest absolute Gasteiger partial charge is 0.255 e. The third-order valence-corrected chi connectivity index (χ3v) is 8.08. The van der Waals surface area contributed by atoms with E-state index >= 15 is 0 Å². The molecule has 0 spiro atoms. The third kappa shape index (κ3) is 6.30. The number of allylic oxidation sites excluding steroid dienone is 1. The summed E-state index contributed by atoms with van der Waals surface area (Å²) in [6.07, 6.45) is 0. The lowest BCUT2D eigenvalue weighted by Crippen LogP contribution is -2.31. The molecular formula is C34H30FN5O3S. The van der Waals surface area contributed by atoms with Crippen LogP contribution in [0.15, 0.2) is 120 Å². The summed E-state index contributed by atoms with van der Waals surface area (Å²) < 4.78 is 27.4. The van der Waals surface area contributed by atoms with Gasteiger partial charge in [0.25, 0.3) is 5.91 Å². The van der Waals surface area contributed by atoms with Gasteiger partial charge in [0, 0.05) is 11.4 Å². The third-order valence-electron chi connectivity index (χ3n) is 7.19. The molecule has 1 aromatic heterocycles. The molecule has 0 radical (unpaired) electrons. The molecule has 2 heterocycles. The molecule has 0 bridgehead atoms. The second-order valence-electron chi connectivity index (χ2n) is 10.1. The number of amides is 1. The van der Waals surface area contributed by atoms with Crippen LogP contribution in [0.2, 0.25) is 0 Å². The minimum Gasteiger partial charge on any atom is -0.495 e. The number of rotatable bonds is 10. The fourth-order valence-electron chi connectivity index (χ4n) is 4.98. The zero-order valence-corrected chi connectivity index (χ0v) is 25.0. The van der Waals surface area contributed by atoms with Gasteiger partial charge in [-0.2, -0.15) is 4.98 Å². The summed E-state index contributed by atoms with van der Waals surface area (Å²) in [6.45, 7) is 2.28. The Kier molecular flexibility index (Phi) is 8.60. The molecule has 1 unspecified atom stereocenters. The number of carbonyl (C=O) groups is 1. The number of para-hydroxylation sites is 2. The fourth-order valence-corrected chi connectivity index (χ4v) is 5.79. The topological polar surface area (TPSA) is 90.3 Å².